The van der Waals surface area contributed by atoms with Crippen molar-refractivity contribution in [2.75, 3.05) is 26.2 Å². The van der Waals surface area contributed by atoms with Crippen LogP contribution in [0.25, 0.3) is 0 Å². The molecule has 22 heavy (non-hydrogen) atoms. The minimum Gasteiger partial charge on any atom is -0.295 e. The van der Waals surface area contributed by atoms with Crippen LogP contribution in [-0.4, -0.2) is 45.9 Å². The van der Waals surface area contributed by atoms with Crippen molar-refractivity contribution in [2.45, 2.75) is 32.4 Å². The van der Waals surface area contributed by atoms with Crippen LogP contribution in [0.5, 0.6) is 0 Å². The van der Waals surface area contributed by atoms with Crippen LogP contribution < -0.4 is 0 Å². The van der Waals surface area contributed by atoms with Gasteiger partial charge in [-0.15, -0.1) is 11.3 Å². The molecule has 1 saturated heterocycles. The molecule has 0 radical (unpaired) electrons. The van der Waals surface area contributed by atoms with Crippen molar-refractivity contribution in [1.29, 1.82) is 0 Å². The number of nitrogens with zero attached hydrogens (tertiary/aromatic N) is 4. The van der Waals surface area contributed by atoms with E-state index in [4.69, 9.17) is 4.98 Å². The van der Waals surface area contributed by atoms with Crippen LogP contribution in [0.3, 0.4) is 0 Å². The molecule has 0 atom stereocenters. The number of thiazole rings is 1. The van der Waals surface area contributed by atoms with E-state index in [0.29, 0.717) is 0 Å². The molecular weight excluding hydrogens is 292 g/mol. The lowest BCUT2D eigenvalue weighted by Crippen LogP contribution is -2.45. The van der Waals surface area contributed by atoms with E-state index in [1.807, 2.05) is 23.6 Å². The zero-order valence-corrected chi connectivity index (χ0v) is 13.7. The molecule has 1 fully saturated rings. The predicted octanol–water partition coefficient (Wildman–Crippen LogP) is 2.34. The van der Waals surface area contributed by atoms with Gasteiger partial charge in [-0.05, 0) is 31.4 Å². The molecule has 1 aliphatic heterocycles. The first kappa shape index (κ1) is 14.3. The molecule has 0 spiro atoms. The number of fused-ring (bicyclic) bond motifs is 1. The van der Waals surface area contributed by atoms with Crippen molar-refractivity contribution < 1.29 is 0 Å². The Bertz CT molecular complexity index is 595. The summed E-state index contributed by atoms with van der Waals surface area (Å²) in [4.78, 5) is 15.8. The average Bonchev–Trinajstić information content (AvgIpc) is 3.12. The number of piperazine rings is 1. The SMILES string of the molecule is c1ccc(CN2CCN(Cc3nc4c(s3)CCC4)CC2)nc1. The van der Waals surface area contributed by atoms with Gasteiger partial charge in [-0.25, -0.2) is 4.98 Å². The quantitative estimate of drug-likeness (QED) is 0.867. The van der Waals surface area contributed by atoms with Gasteiger partial charge in [0.15, 0.2) is 0 Å². The van der Waals surface area contributed by atoms with Crippen LogP contribution in [-0.2, 0) is 25.9 Å². The molecule has 1 aliphatic carbocycles. The first-order valence-corrected chi connectivity index (χ1v) is 9.00. The van der Waals surface area contributed by atoms with Gasteiger partial charge in [0, 0.05) is 43.8 Å². The van der Waals surface area contributed by atoms with Gasteiger partial charge in [0.2, 0.25) is 0 Å². The van der Waals surface area contributed by atoms with Crippen molar-refractivity contribution >= 4 is 11.3 Å². The maximum atomic E-state index is 4.82. The number of rotatable bonds is 4. The van der Waals surface area contributed by atoms with Crippen molar-refractivity contribution in [1.82, 2.24) is 19.8 Å². The van der Waals surface area contributed by atoms with Crippen LogP contribution in [0.1, 0.15) is 27.7 Å². The molecule has 0 N–H and O–H groups in total. The normalized spacial score (nSPS) is 19.5. The smallest absolute Gasteiger partial charge is 0.107 e. The Morgan fingerprint density at radius 1 is 1.00 bits per heavy atom. The van der Waals surface area contributed by atoms with Crippen molar-refractivity contribution in [3.05, 3.63) is 45.7 Å². The van der Waals surface area contributed by atoms with E-state index in [2.05, 4.69) is 26.9 Å². The molecule has 2 aromatic rings. The standard InChI is InChI=1S/C17H22N4S/c1-2-7-18-14(4-1)12-20-8-10-21(11-9-20)13-17-19-15-5-3-6-16(15)22-17/h1-2,4,7H,3,5-6,8-13H2. The van der Waals surface area contributed by atoms with Gasteiger partial charge in [0.1, 0.15) is 5.01 Å². The van der Waals surface area contributed by atoms with Crippen LogP contribution in [0.15, 0.2) is 24.4 Å². The molecule has 4 nitrogen and oxygen atoms in total. The van der Waals surface area contributed by atoms with Crippen molar-refractivity contribution in [3.8, 4) is 0 Å². The molecule has 2 aliphatic rings. The number of hydrogen-bond donors (Lipinski definition) is 0. The Morgan fingerprint density at radius 3 is 2.55 bits per heavy atom. The monoisotopic (exact) mass is 314 g/mol. The van der Waals surface area contributed by atoms with E-state index in [-0.39, 0.29) is 0 Å². The van der Waals surface area contributed by atoms with E-state index in [9.17, 15) is 0 Å². The number of aryl methyl sites for hydroxylation is 2. The Hall–Kier alpha value is -1.30. The summed E-state index contributed by atoms with van der Waals surface area (Å²) in [7, 11) is 0. The lowest BCUT2D eigenvalue weighted by Gasteiger charge is -2.34. The summed E-state index contributed by atoms with van der Waals surface area (Å²) in [5, 5.41) is 1.32. The van der Waals surface area contributed by atoms with Gasteiger partial charge >= 0.3 is 0 Å². The third kappa shape index (κ3) is 3.21. The molecule has 0 amide bonds. The summed E-state index contributed by atoms with van der Waals surface area (Å²) in [5.74, 6) is 0. The third-order valence-corrected chi connectivity index (χ3v) is 5.72. The summed E-state index contributed by atoms with van der Waals surface area (Å²) in [5.41, 5.74) is 2.56. The molecule has 4 rings (SSSR count). The summed E-state index contributed by atoms with van der Waals surface area (Å²) >= 11 is 1.94. The molecule has 0 bridgehead atoms. The highest BCUT2D eigenvalue weighted by molar-refractivity contribution is 7.11. The van der Waals surface area contributed by atoms with Gasteiger partial charge < -0.3 is 0 Å². The number of hydrogen-bond acceptors (Lipinski definition) is 5. The minimum absolute atomic E-state index is 0.972. The highest BCUT2D eigenvalue weighted by Crippen LogP contribution is 2.28. The Labute approximate surface area is 135 Å². The zero-order valence-electron chi connectivity index (χ0n) is 12.9. The highest BCUT2D eigenvalue weighted by atomic mass is 32.1. The van der Waals surface area contributed by atoms with E-state index in [1.54, 1.807) is 4.88 Å². The Balaban J connectivity index is 1.28. The summed E-state index contributed by atoms with van der Waals surface area (Å²) < 4.78 is 0. The van der Waals surface area contributed by atoms with Crippen LogP contribution in [0, 0.1) is 0 Å². The Morgan fingerprint density at radius 2 is 1.82 bits per heavy atom. The molecule has 2 aromatic heterocycles. The molecular formula is C17H22N4S. The van der Waals surface area contributed by atoms with Gasteiger partial charge in [0.05, 0.1) is 17.9 Å². The topological polar surface area (TPSA) is 32.3 Å². The number of pyridine rings is 1. The summed E-state index contributed by atoms with van der Waals surface area (Å²) in [6.45, 7) is 6.53. The second-order valence-corrected chi connectivity index (χ2v) is 7.37. The maximum Gasteiger partial charge on any atom is 0.107 e. The first-order valence-electron chi connectivity index (χ1n) is 8.19. The fourth-order valence-electron chi connectivity index (χ4n) is 3.33. The van der Waals surface area contributed by atoms with Crippen LogP contribution >= 0.6 is 11.3 Å². The van der Waals surface area contributed by atoms with Crippen molar-refractivity contribution in [2.24, 2.45) is 0 Å². The molecule has 116 valence electrons. The summed E-state index contributed by atoms with van der Waals surface area (Å²) in [6.07, 6.45) is 5.64. The fourth-order valence-corrected chi connectivity index (χ4v) is 4.53. The predicted molar refractivity (Wildman–Crippen MR) is 88.9 cm³/mol. The Kier molecular flexibility index (Phi) is 4.19. The average molecular weight is 314 g/mol. The van der Waals surface area contributed by atoms with E-state index in [0.717, 1.165) is 39.3 Å². The van der Waals surface area contributed by atoms with E-state index < -0.39 is 0 Å². The molecule has 0 aromatic carbocycles. The van der Waals surface area contributed by atoms with E-state index in [1.165, 1.54) is 35.7 Å². The maximum absolute atomic E-state index is 4.82. The minimum atomic E-state index is 0.972. The largest absolute Gasteiger partial charge is 0.295 e. The summed E-state index contributed by atoms with van der Waals surface area (Å²) in [6, 6.07) is 6.16. The molecule has 5 heteroatoms. The lowest BCUT2D eigenvalue weighted by atomic mass is 10.2. The highest BCUT2D eigenvalue weighted by Gasteiger charge is 2.21. The van der Waals surface area contributed by atoms with Gasteiger partial charge in [-0.1, -0.05) is 6.07 Å². The number of aromatic nitrogens is 2. The van der Waals surface area contributed by atoms with Crippen LogP contribution in [0.2, 0.25) is 0 Å². The lowest BCUT2D eigenvalue weighted by molar-refractivity contribution is 0.121. The molecule has 0 unspecified atom stereocenters. The zero-order chi connectivity index (χ0) is 14.8. The van der Waals surface area contributed by atoms with Gasteiger partial charge in [-0.2, -0.15) is 0 Å². The fraction of sp³-hybridized carbons (Fsp3) is 0.529. The van der Waals surface area contributed by atoms with Gasteiger partial charge in [-0.3, -0.25) is 14.8 Å². The second-order valence-electron chi connectivity index (χ2n) is 6.20. The first-order chi connectivity index (χ1) is 10.9. The third-order valence-electron chi connectivity index (χ3n) is 4.58. The molecule has 0 saturated carbocycles. The van der Waals surface area contributed by atoms with Gasteiger partial charge in [0.25, 0.3) is 0 Å². The van der Waals surface area contributed by atoms with Crippen molar-refractivity contribution in [3.63, 3.8) is 0 Å². The van der Waals surface area contributed by atoms with E-state index >= 15 is 0 Å². The van der Waals surface area contributed by atoms with Crippen LogP contribution in [0.4, 0.5) is 0 Å². The molecule has 3 heterocycles. The second kappa shape index (κ2) is 6.44.